The van der Waals surface area contributed by atoms with Gasteiger partial charge in [-0.3, -0.25) is 0 Å². The van der Waals surface area contributed by atoms with Crippen molar-refractivity contribution >= 4 is 0 Å². The third-order valence-corrected chi connectivity index (χ3v) is 3.57. The van der Waals surface area contributed by atoms with Gasteiger partial charge >= 0.3 is 0 Å². The molecule has 18 heavy (non-hydrogen) atoms. The zero-order chi connectivity index (χ0) is 13.0. The highest BCUT2D eigenvalue weighted by atomic mass is 19.1. The molecule has 1 aliphatic carbocycles. The molecule has 0 bridgehead atoms. The summed E-state index contributed by atoms with van der Waals surface area (Å²) >= 11 is 0. The molecule has 1 aromatic carbocycles. The maximum Gasteiger partial charge on any atom is 0.123 e. The number of hydrogen-bond donors (Lipinski definition) is 1. The molecule has 0 amide bonds. The molecule has 3 heteroatoms. The Morgan fingerprint density at radius 3 is 2.56 bits per heavy atom. The summed E-state index contributed by atoms with van der Waals surface area (Å²) in [5, 5.41) is 12.4. The van der Waals surface area contributed by atoms with Gasteiger partial charge in [0, 0.05) is 12.1 Å². The molecule has 1 aromatic rings. The second kappa shape index (κ2) is 5.97. The third kappa shape index (κ3) is 3.30. The highest BCUT2D eigenvalue weighted by Gasteiger charge is 2.33. The highest BCUT2D eigenvalue weighted by Crippen LogP contribution is 2.41. The molecule has 0 aromatic heterocycles. The van der Waals surface area contributed by atoms with E-state index >= 15 is 0 Å². The molecule has 2 nitrogen and oxygen atoms in total. The fraction of sp³-hybridized carbons (Fsp3) is 0.533. The van der Waals surface area contributed by atoms with Crippen LogP contribution in [-0.4, -0.2) is 6.04 Å². The van der Waals surface area contributed by atoms with E-state index in [1.807, 2.05) is 12.1 Å². The SMILES string of the molecule is CCC(CC#N)NC(c1ccc(F)cc1)C1CC1. The van der Waals surface area contributed by atoms with Gasteiger partial charge in [0.05, 0.1) is 12.5 Å². The molecule has 96 valence electrons. The molecule has 0 aliphatic heterocycles. The van der Waals surface area contributed by atoms with E-state index in [1.165, 1.54) is 25.0 Å². The van der Waals surface area contributed by atoms with E-state index in [0.29, 0.717) is 12.3 Å². The van der Waals surface area contributed by atoms with Crippen molar-refractivity contribution in [1.29, 1.82) is 5.26 Å². The first-order valence-electron chi connectivity index (χ1n) is 6.63. The smallest absolute Gasteiger partial charge is 0.123 e. The van der Waals surface area contributed by atoms with E-state index in [2.05, 4.69) is 18.3 Å². The molecule has 2 rings (SSSR count). The lowest BCUT2D eigenvalue weighted by Gasteiger charge is -2.24. The van der Waals surface area contributed by atoms with Gasteiger partial charge in [-0.25, -0.2) is 4.39 Å². The van der Waals surface area contributed by atoms with E-state index in [4.69, 9.17) is 5.26 Å². The zero-order valence-electron chi connectivity index (χ0n) is 10.7. The van der Waals surface area contributed by atoms with Crippen molar-refractivity contribution in [2.24, 2.45) is 5.92 Å². The van der Waals surface area contributed by atoms with Crippen LogP contribution in [0.5, 0.6) is 0 Å². The summed E-state index contributed by atoms with van der Waals surface area (Å²) in [5.41, 5.74) is 1.13. The number of nitrogens with zero attached hydrogens (tertiary/aromatic N) is 1. The standard InChI is InChI=1S/C15H19FN2/c1-2-14(9-10-17)18-15(11-3-4-11)12-5-7-13(16)8-6-12/h5-8,11,14-15,18H,2-4,9H2,1H3. The number of hydrogen-bond acceptors (Lipinski definition) is 2. The molecular weight excluding hydrogens is 227 g/mol. The lowest BCUT2D eigenvalue weighted by atomic mass is 10.00. The van der Waals surface area contributed by atoms with Crippen LogP contribution < -0.4 is 5.32 Å². The van der Waals surface area contributed by atoms with Gasteiger partial charge < -0.3 is 5.32 Å². The first-order valence-corrected chi connectivity index (χ1v) is 6.63. The van der Waals surface area contributed by atoms with E-state index in [0.717, 1.165) is 12.0 Å². The first-order chi connectivity index (χ1) is 8.74. The van der Waals surface area contributed by atoms with Gasteiger partial charge in [-0.2, -0.15) is 5.26 Å². The Bertz CT molecular complexity index is 417. The van der Waals surface area contributed by atoms with Crippen LogP contribution in [0.3, 0.4) is 0 Å². The minimum absolute atomic E-state index is 0.197. The summed E-state index contributed by atoms with van der Waals surface area (Å²) < 4.78 is 13.0. The second-order valence-electron chi connectivity index (χ2n) is 5.00. The van der Waals surface area contributed by atoms with Gasteiger partial charge in [-0.05, 0) is 42.9 Å². The van der Waals surface area contributed by atoms with Crippen molar-refractivity contribution in [3.8, 4) is 6.07 Å². The average molecular weight is 246 g/mol. The highest BCUT2D eigenvalue weighted by molar-refractivity contribution is 5.22. The predicted molar refractivity (Wildman–Crippen MR) is 69.3 cm³/mol. The second-order valence-corrected chi connectivity index (χ2v) is 5.00. The molecular formula is C15H19FN2. The topological polar surface area (TPSA) is 35.8 Å². The van der Waals surface area contributed by atoms with Gasteiger partial charge in [0.15, 0.2) is 0 Å². The first kappa shape index (κ1) is 13.0. The molecule has 1 fully saturated rings. The van der Waals surface area contributed by atoms with Crippen molar-refractivity contribution in [3.63, 3.8) is 0 Å². The summed E-state index contributed by atoms with van der Waals surface area (Å²) in [6, 6.07) is 9.44. The fourth-order valence-corrected chi connectivity index (χ4v) is 2.29. The number of benzene rings is 1. The van der Waals surface area contributed by atoms with Gasteiger partial charge in [-0.15, -0.1) is 0 Å². The maximum absolute atomic E-state index is 13.0. The van der Waals surface area contributed by atoms with Crippen LogP contribution in [-0.2, 0) is 0 Å². The van der Waals surface area contributed by atoms with Crippen LogP contribution in [0, 0.1) is 23.1 Å². The van der Waals surface area contributed by atoms with E-state index < -0.39 is 0 Å². The molecule has 1 aliphatic rings. The average Bonchev–Trinajstić information content (AvgIpc) is 3.20. The molecule has 2 atom stereocenters. The molecule has 2 unspecified atom stereocenters. The summed E-state index contributed by atoms with van der Waals surface area (Å²) in [7, 11) is 0. The van der Waals surface area contributed by atoms with Crippen molar-refractivity contribution in [2.75, 3.05) is 0 Å². The Morgan fingerprint density at radius 1 is 1.39 bits per heavy atom. The molecule has 0 radical (unpaired) electrons. The number of nitrogens with one attached hydrogen (secondary N) is 1. The number of nitriles is 1. The summed E-state index contributed by atoms with van der Waals surface area (Å²) in [5.74, 6) is 0.445. The Hall–Kier alpha value is -1.40. The van der Waals surface area contributed by atoms with E-state index in [9.17, 15) is 4.39 Å². The molecule has 1 N–H and O–H groups in total. The predicted octanol–water partition coefficient (Wildman–Crippen LogP) is 3.56. The molecule has 1 saturated carbocycles. The summed E-state index contributed by atoms with van der Waals surface area (Å²) in [4.78, 5) is 0. The van der Waals surface area contributed by atoms with Crippen LogP contribution in [0.4, 0.5) is 4.39 Å². The Kier molecular flexibility index (Phi) is 4.33. The normalized spacial score (nSPS) is 18.1. The minimum Gasteiger partial charge on any atom is -0.306 e. The largest absolute Gasteiger partial charge is 0.306 e. The Labute approximate surface area is 108 Å². The monoisotopic (exact) mass is 246 g/mol. The van der Waals surface area contributed by atoms with Crippen LogP contribution >= 0.6 is 0 Å². The fourth-order valence-electron chi connectivity index (χ4n) is 2.29. The van der Waals surface area contributed by atoms with Gasteiger partial charge in [0.25, 0.3) is 0 Å². The molecule has 0 spiro atoms. The minimum atomic E-state index is -0.197. The van der Waals surface area contributed by atoms with E-state index in [1.54, 1.807) is 0 Å². The van der Waals surface area contributed by atoms with Crippen LogP contribution in [0.15, 0.2) is 24.3 Å². The van der Waals surface area contributed by atoms with Crippen LogP contribution in [0.2, 0.25) is 0 Å². The van der Waals surface area contributed by atoms with Crippen LogP contribution in [0.1, 0.15) is 44.2 Å². The van der Waals surface area contributed by atoms with Crippen molar-refractivity contribution in [2.45, 2.75) is 44.7 Å². The lowest BCUT2D eigenvalue weighted by molar-refractivity contribution is 0.397. The Morgan fingerprint density at radius 2 is 2.06 bits per heavy atom. The Balaban J connectivity index is 2.08. The number of rotatable bonds is 6. The van der Waals surface area contributed by atoms with Crippen molar-refractivity contribution in [3.05, 3.63) is 35.6 Å². The third-order valence-electron chi connectivity index (χ3n) is 3.57. The quantitative estimate of drug-likeness (QED) is 0.833. The van der Waals surface area contributed by atoms with Gasteiger partial charge in [0.2, 0.25) is 0 Å². The molecule has 0 saturated heterocycles. The maximum atomic E-state index is 13.0. The molecule has 0 heterocycles. The van der Waals surface area contributed by atoms with E-state index in [-0.39, 0.29) is 17.9 Å². The summed E-state index contributed by atoms with van der Waals surface area (Å²) in [6.07, 6.45) is 3.91. The van der Waals surface area contributed by atoms with Crippen molar-refractivity contribution < 1.29 is 4.39 Å². The lowest BCUT2D eigenvalue weighted by Crippen LogP contribution is -2.33. The summed E-state index contributed by atoms with van der Waals surface area (Å²) in [6.45, 7) is 2.09. The van der Waals surface area contributed by atoms with Crippen molar-refractivity contribution in [1.82, 2.24) is 5.32 Å². The van der Waals surface area contributed by atoms with Crippen LogP contribution in [0.25, 0.3) is 0 Å². The van der Waals surface area contributed by atoms with Gasteiger partial charge in [0.1, 0.15) is 5.82 Å². The number of halogens is 1. The van der Waals surface area contributed by atoms with Gasteiger partial charge in [-0.1, -0.05) is 19.1 Å². The zero-order valence-corrected chi connectivity index (χ0v) is 10.7.